The van der Waals surface area contributed by atoms with Crippen molar-refractivity contribution in [2.75, 3.05) is 13.2 Å². The molecule has 2 atom stereocenters. The first-order valence-corrected chi connectivity index (χ1v) is 5.13. The van der Waals surface area contributed by atoms with Crippen LogP contribution in [0.15, 0.2) is 6.20 Å². The van der Waals surface area contributed by atoms with Crippen LogP contribution in [0.3, 0.4) is 0 Å². The number of ether oxygens (including phenoxy) is 1. The minimum atomic E-state index is -1.03. The van der Waals surface area contributed by atoms with E-state index in [1.54, 1.807) is 10.9 Å². The molecule has 88 valence electrons. The Morgan fingerprint density at radius 1 is 1.81 bits per heavy atom. The van der Waals surface area contributed by atoms with Crippen LogP contribution >= 0.6 is 0 Å². The average Bonchev–Trinajstić information content (AvgIpc) is 2.85. The Bertz CT molecular complexity index is 373. The number of hydrogen-bond donors (Lipinski definition) is 2. The lowest BCUT2D eigenvalue weighted by Gasteiger charge is -2.05. The molecule has 7 heteroatoms. The molecule has 0 saturated carbocycles. The van der Waals surface area contributed by atoms with Crippen molar-refractivity contribution in [3.05, 3.63) is 11.9 Å². The van der Waals surface area contributed by atoms with Gasteiger partial charge in [-0.1, -0.05) is 5.21 Å². The summed E-state index contributed by atoms with van der Waals surface area (Å²) in [5.41, 5.74) is 6.01. The first kappa shape index (κ1) is 11.0. The predicted octanol–water partition coefficient (Wildman–Crippen LogP) is -0.806. The van der Waals surface area contributed by atoms with E-state index in [1.165, 1.54) is 0 Å². The fraction of sp³-hybridized carbons (Fsp3) is 0.667. The molecule has 0 bridgehead atoms. The molecule has 1 aliphatic heterocycles. The summed E-state index contributed by atoms with van der Waals surface area (Å²) in [6, 6.07) is -0.715. The molecule has 2 heterocycles. The van der Waals surface area contributed by atoms with E-state index in [0.29, 0.717) is 12.3 Å². The lowest BCUT2D eigenvalue weighted by atomic mass is 10.2. The summed E-state index contributed by atoms with van der Waals surface area (Å²) in [7, 11) is 0. The number of carboxylic acid groups (broad SMARTS) is 1. The topological polar surface area (TPSA) is 103 Å². The van der Waals surface area contributed by atoms with Gasteiger partial charge >= 0.3 is 5.97 Å². The lowest BCUT2D eigenvalue weighted by Crippen LogP contribution is -2.32. The highest BCUT2D eigenvalue weighted by molar-refractivity contribution is 5.73. The Hall–Kier alpha value is -1.47. The number of carbonyl (C=O) groups is 1. The third-order valence-electron chi connectivity index (χ3n) is 2.58. The van der Waals surface area contributed by atoms with E-state index in [2.05, 4.69) is 10.3 Å². The summed E-state index contributed by atoms with van der Waals surface area (Å²) >= 11 is 0. The van der Waals surface area contributed by atoms with E-state index in [4.69, 9.17) is 15.6 Å². The number of nitrogens with zero attached hydrogens (tertiary/aromatic N) is 3. The number of rotatable bonds is 4. The first-order chi connectivity index (χ1) is 7.66. The average molecular weight is 226 g/mol. The highest BCUT2D eigenvalue weighted by Gasteiger charge is 2.20. The van der Waals surface area contributed by atoms with Crippen molar-refractivity contribution < 1.29 is 14.6 Å². The monoisotopic (exact) mass is 226 g/mol. The molecule has 0 aliphatic carbocycles. The molecule has 0 spiro atoms. The number of carboxylic acids is 1. The minimum Gasteiger partial charge on any atom is -0.480 e. The maximum Gasteiger partial charge on any atom is 0.320 e. The summed E-state index contributed by atoms with van der Waals surface area (Å²) < 4.78 is 6.95. The molecule has 1 fully saturated rings. The van der Waals surface area contributed by atoms with Gasteiger partial charge in [0.1, 0.15) is 6.04 Å². The second-order valence-electron chi connectivity index (χ2n) is 3.86. The van der Waals surface area contributed by atoms with Crippen molar-refractivity contribution in [2.24, 2.45) is 5.73 Å². The van der Waals surface area contributed by atoms with Crippen LogP contribution in [0.1, 0.15) is 18.2 Å². The van der Waals surface area contributed by atoms with Gasteiger partial charge in [-0.3, -0.25) is 4.79 Å². The van der Waals surface area contributed by atoms with E-state index in [1.807, 2.05) is 0 Å². The van der Waals surface area contributed by atoms with Gasteiger partial charge in [0.2, 0.25) is 0 Å². The van der Waals surface area contributed by atoms with Crippen LogP contribution in [0.25, 0.3) is 0 Å². The fourth-order valence-corrected chi connectivity index (χ4v) is 1.63. The zero-order valence-electron chi connectivity index (χ0n) is 8.74. The van der Waals surface area contributed by atoms with Crippen LogP contribution in [-0.4, -0.2) is 45.3 Å². The van der Waals surface area contributed by atoms with Crippen molar-refractivity contribution >= 4 is 5.97 Å². The van der Waals surface area contributed by atoms with Gasteiger partial charge in [-0.25, -0.2) is 4.68 Å². The van der Waals surface area contributed by atoms with Crippen molar-refractivity contribution in [1.82, 2.24) is 15.0 Å². The Morgan fingerprint density at radius 2 is 2.62 bits per heavy atom. The molecule has 16 heavy (non-hydrogen) atoms. The molecule has 0 radical (unpaired) electrons. The highest BCUT2D eigenvalue weighted by atomic mass is 16.5. The van der Waals surface area contributed by atoms with Crippen molar-refractivity contribution in [3.63, 3.8) is 0 Å². The van der Waals surface area contributed by atoms with Gasteiger partial charge in [-0.05, 0) is 6.42 Å². The number of aromatic nitrogens is 3. The minimum absolute atomic E-state index is 0.197. The molecule has 0 aromatic carbocycles. The molecule has 1 aromatic heterocycles. The van der Waals surface area contributed by atoms with E-state index in [0.717, 1.165) is 13.0 Å². The van der Waals surface area contributed by atoms with Crippen LogP contribution in [0, 0.1) is 0 Å². The Labute approximate surface area is 92.2 Å². The van der Waals surface area contributed by atoms with Gasteiger partial charge in [0.05, 0.1) is 18.3 Å². The normalized spacial score (nSPS) is 22.2. The van der Waals surface area contributed by atoms with Crippen LogP contribution in [-0.2, 0) is 16.0 Å². The van der Waals surface area contributed by atoms with E-state index in [9.17, 15) is 4.79 Å². The third-order valence-corrected chi connectivity index (χ3v) is 2.58. The SMILES string of the molecule is NC(Cc1cn(C2CCOC2)nn1)C(=O)O. The molecule has 1 aromatic rings. The summed E-state index contributed by atoms with van der Waals surface area (Å²) in [5.74, 6) is -1.03. The van der Waals surface area contributed by atoms with Gasteiger partial charge in [-0.2, -0.15) is 0 Å². The zero-order chi connectivity index (χ0) is 11.5. The molecule has 7 nitrogen and oxygen atoms in total. The molecule has 1 aliphatic rings. The van der Waals surface area contributed by atoms with Crippen molar-refractivity contribution in [2.45, 2.75) is 24.9 Å². The smallest absolute Gasteiger partial charge is 0.320 e. The standard InChI is InChI=1S/C9H14N4O3/c10-8(9(14)15)3-6-4-13(12-11-6)7-1-2-16-5-7/h4,7-8H,1-3,5,10H2,(H,14,15). The van der Waals surface area contributed by atoms with Crippen LogP contribution in [0.2, 0.25) is 0 Å². The quantitative estimate of drug-likeness (QED) is 0.696. The summed E-state index contributed by atoms with van der Waals surface area (Å²) in [5, 5.41) is 16.5. The second kappa shape index (κ2) is 4.58. The Balaban J connectivity index is 1.99. The number of nitrogens with two attached hydrogens (primary N) is 1. The second-order valence-corrected chi connectivity index (χ2v) is 3.86. The highest BCUT2D eigenvalue weighted by Crippen LogP contribution is 2.17. The molecule has 1 saturated heterocycles. The van der Waals surface area contributed by atoms with Crippen molar-refractivity contribution in [1.29, 1.82) is 0 Å². The molecular weight excluding hydrogens is 212 g/mol. The predicted molar refractivity (Wildman–Crippen MR) is 53.8 cm³/mol. The van der Waals surface area contributed by atoms with Crippen LogP contribution in [0.5, 0.6) is 0 Å². The van der Waals surface area contributed by atoms with Crippen molar-refractivity contribution in [3.8, 4) is 0 Å². The lowest BCUT2D eigenvalue weighted by molar-refractivity contribution is -0.138. The largest absolute Gasteiger partial charge is 0.480 e. The van der Waals surface area contributed by atoms with Crippen LogP contribution < -0.4 is 5.73 Å². The molecule has 2 rings (SSSR count). The van der Waals surface area contributed by atoms with Gasteiger partial charge < -0.3 is 15.6 Å². The Kier molecular flexibility index (Phi) is 3.16. The maximum atomic E-state index is 10.6. The van der Waals surface area contributed by atoms with Gasteiger partial charge in [0.25, 0.3) is 0 Å². The fourth-order valence-electron chi connectivity index (χ4n) is 1.63. The molecule has 0 amide bonds. The summed E-state index contributed by atoms with van der Waals surface area (Å²) in [6.07, 6.45) is 2.85. The molecular formula is C9H14N4O3. The van der Waals surface area contributed by atoms with Gasteiger partial charge in [0, 0.05) is 19.2 Å². The number of hydrogen-bond acceptors (Lipinski definition) is 5. The maximum absolute atomic E-state index is 10.6. The summed E-state index contributed by atoms with van der Waals surface area (Å²) in [6.45, 7) is 1.36. The van der Waals surface area contributed by atoms with Gasteiger partial charge in [0.15, 0.2) is 0 Å². The molecule has 2 unspecified atom stereocenters. The van der Waals surface area contributed by atoms with E-state index in [-0.39, 0.29) is 12.5 Å². The molecule has 3 N–H and O–H groups in total. The van der Waals surface area contributed by atoms with E-state index >= 15 is 0 Å². The first-order valence-electron chi connectivity index (χ1n) is 5.13. The number of aliphatic carboxylic acids is 1. The van der Waals surface area contributed by atoms with Crippen LogP contribution in [0.4, 0.5) is 0 Å². The van der Waals surface area contributed by atoms with E-state index < -0.39 is 12.0 Å². The zero-order valence-corrected chi connectivity index (χ0v) is 8.74. The summed E-state index contributed by atoms with van der Waals surface area (Å²) in [4.78, 5) is 10.6. The van der Waals surface area contributed by atoms with Gasteiger partial charge in [-0.15, -0.1) is 5.10 Å². The Morgan fingerprint density at radius 3 is 3.25 bits per heavy atom. The third kappa shape index (κ3) is 2.37.